The molecule has 0 saturated carbocycles. The summed E-state index contributed by atoms with van der Waals surface area (Å²) in [4.78, 5) is -2.09. The monoisotopic (exact) mass is 354 g/mol. The average molecular weight is 354 g/mol. The second-order valence-electron chi connectivity index (χ2n) is 3.32. The van der Waals surface area contributed by atoms with Crippen LogP contribution in [0, 0.1) is 0 Å². The molecule has 0 radical (unpaired) electrons. The largest absolute Gasteiger partial charge is 1.00 e. The predicted octanol–water partition coefficient (Wildman–Crippen LogP) is -5.46. The molecule has 1 aromatic carbocycles. The first-order valence-electron chi connectivity index (χ1n) is 4.26. The Kier molecular flexibility index (Phi) is 10.6. The van der Waals surface area contributed by atoms with Gasteiger partial charge in [0, 0.05) is 0 Å². The quantitative estimate of drug-likeness (QED) is 0.395. The Bertz CT molecular complexity index is 679. The number of rotatable bonds is 3. The van der Waals surface area contributed by atoms with E-state index >= 15 is 0 Å². The van der Waals surface area contributed by atoms with Crippen molar-refractivity contribution in [3.05, 3.63) is 30.3 Å². The molecule has 1 aromatic rings. The minimum atomic E-state index is -5.08. The third-order valence-corrected chi connectivity index (χ3v) is 3.91. The first-order chi connectivity index (χ1) is 7.55. The Morgan fingerprint density at radius 1 is 1.05 bits per heavy atom. The minimum absolute atomic E-state index is 0. The van der Waals surface area contributed by atoms with Crippen molar-refractivity contribution < 1.29 is 129 Å². The zero-order chi connectivity index (χ0) is 13.4. The topological polar surface area (TPSA) is 114 Å². The van der Waals surface area contributed by atoms with Crippen LogP contribution >= 0.6 is 0 Å². The summed E-state index contributed by atoms with van der Waals surface area (Å²) in [5.74, 6) is 0. The van der Waals surface area contributed by atoms with Crippen molar-refractivity contribution in [1.82, 2.24) is 0 Å². The first-order valence-corrected chi connectivity index (χ1v) is 7.07. The second-order valence-corrected chi connectivity index (χ2v) is 5.99. The van der Waals surface area contributed by atoms with Gasteiger partial charge in [0.1, 0.15) is 20.2 Å². The second kappa shape index (κ2) is 8.62. The van der Waals surface area contributed by atoms with Gasteiger partial charge in [0.15, 0.2) is 0 Å². The summed E-state index contributed by atoms with van der Waals surface area (Å²) >= 11 is 0. The minimum Gasteiger partial charge on any atom is -0.744 e. The van der Waals surface area contributed by atoms with Crippen LogP contribution in [0.25, 0.3) is 5.57 Å². The summed E-state index contributed by atoms with van der Waals surface area (Å²) in [5.41, 5.74) is 0.00171. The summed E-state index contributed by atoms with van der Waals surface area (Å²) < 4.78 is 65.7. The predicted molar refractivity (Wildman–Crippen MR) is 57.1 cm³/mol. The molecule has 0 saturated heterocycles. The van der Waals surface area contributed by atoms with Crippen molar-refractivity contribution in [2.45, 2.75) is 16.7 Å². The molecule has 94 valence electrons. The molecule has 6 nitrogen and oxygen atoms in total. The smallest absolute Gasteiger partial charge is 0.744 e. The van der Waals surface area contributed by atoms with Crippen LogP contribution in [0.2, 0.25) is 0 Å². The first kappa shape index (κ1) is 23.3. The van der Waals surface area contributed by atoms with Crippen LogP contribution in [0.15, 0.2) is 34.6 Å². The van der Waals surface area contributed by atoms with Gasteiger partial charge in [-0.25, -0.2) is 16.8 Å². The summed E-state index contributed by atoms with van der Waals surface area (Å²) in [6.45, 7) is 4.82. The molecule has 0 atom stereocenters. The fourth-order valence-corrected chi connectivity index (χ4v) is 3.33. The van der Waals surface area contributed by atoms with Crippen LogP contribution in [0.3, 0.4) is 0 Å². The maximum absolute atomic E-state index is 11.0. The van der Waals surface area contributed by atoms with E-state index in [-0.39, 0.29) is 114 Å². The molecular formula is C9H8K2O6S2. The SMILES string of the molecule is C=C(C)c1cccc(S(=O)(=O)[O-])c1S(=O)(=O)[O-].[K+].[K+]. The number of hydrogen-bond donors (Lipinski definition) is 0. The van der Waals surface area contributed by atoms with Gasteiger partial charge in [0.25, 0.3) is 0 Å². The molecule has 0 unspecified atom stereocenters. The summed E-state index contributed by atoms with van der Waals surface area (Å²) in [7, 11) is -10.1. The standard InChI is InChI=1S/C9H10O6S2.2K/c1-6(2)7-4-3-5-8(16(10,11)12)9(7)17(13,14)15;;/h3-5H,1H2,2H3,(H,10,11,12)(H,13,14,15);;/q;2*+1/p-2. The van der Waals surface area contributed by atoms with E-state index in [0.717, 1.165) is 6.07 Å². The molecule has 1 rings (SSSR count). The van der Waals surface area contributed by atoms with Gasteiger partial charge in [-0.05, 0) is 24.1 Å². The van der Waals surface area contributed by atoms with Crippen molar-refractivity contribution in [3.8, 4) is 0 Å². The molecule has 0 aliphatic carbocycles. The molecule has 0 fully saturated rings. The average Bonchev–Trinajstić information content (AvgIpc) is 2.13. The van der Waals surface area contributed by atoms with Gasteiger partial charge >= 0.3 is 103 Å². The number of benzene rings is 1. The van der Waals surface area contributed by atoms with Gasteiger partial charge in [0.2, 0.25) is 0 Å². The Morgan fingerprint density at radius 3 is 1.84 bits per heavy atom. The van der Waals surface area contributed by atoms with Crippen LogP contribution in [0.5, 0.6) is 0 Å². The van der Waals surface area contributed by atoms with Crippen LogP contribution in [0.4, 0.5) is 0 Å². The fourth-order valence-electron chi connectivity index (χ4n) is 1.31. The Hall–Kier alpha value is 2.05. The van der Waals surface area contributed by atoms with Gasteiger partial charge in [0.05, 0.1) is 9.79 Å². The molecule has 10 heteroatoms. The Labute approximate surface area is 197 Å². The Morgan fingerprint density at radius 2 is 1.53 bits per heavy atom. The van der Waals surface area contributed by atoms with Crippen molar-refractivity contribution in [3.63, 3.8) is 0 Å². The van der Waals surface area contributed by atoms with E-state index in [1.807, 2.05) is 0 Å². The van der Waals surface area contributed by atoms with Crippen LogP contribution in [-0.4, -0.2) is 25.9 Å². The van der Waals surface area contributed by atoms with Gasteiger partial charge in [-0.3, -0.25) is 0 Å². The molecule has 0 N–H and O–H groups in total. The maximum atomic E-state index is 11.0. The number of allylic oxidation sites excluding steroid dienone is 1. The molecular weight excluding hydrogens is 346 g/mol. The summed E-state index contributed by atoms with van der Waals surface area (Å²) in [6.07, 6.45) is 0. The van der Waals surface area contributed by atoms with E-state index < -0.39 is 30.0 Å². The van der Waals surface area contributed by atoms with Gasteiger partial charge in [-0.15, -0.1) is 0 Å². The van der Waals surface area contributed by atoms with E-state index in [4.69, 9.17) is 0 Å². The zero-order valence-corrected chi connectivity index (χ0v) is 18.6. The third-order valence-electron chi connectivity index (χ3n) is 1.96. The normalized spacial score (nSPS) is 11.1. The van der Waals surface area contributed by atoms with Crippen LogP contribution in [0.1, 0.15) is 12.5 Å². The van der Waals surface area contributed by atoms with E-state index in [1.54, 1.807) is 0 Å². The molecule has 0 aromatic heterocycles. The van der Waals surface area contributed by atoms with Crippen molar-refractivity contribution in [1.29, 1.82) is 0 Å². The number of hydrogen-bond acceptors (Lipinski definition) is 6. The van der Waals surface area contributed by atoms with E-state index in [9.17, 15) is 25.9 Å². The van der Waals surface area contributed by atoms with Crippen molar-refractivity contribution in [2.75, 3.05) is 0 Å². The van der Waals surface area contributed by atoms with Gasteiger partial charge < -0.3 is 9.11 Å². The van der Waals surface area contributed by atoms with E-state index in [0.29, 0.717) is 0 Å². The van der Waals surface area contributed by atoms with Gasteiger partial charge in [-0.2, -0.15) is 0 Å². The summed E-state index contributed by atoms with van der Waals surface area (Å²) in [6, 6.07) is 3.16. The molecule has 0 heterocycles. The third kappa shape index (κ3) is 6.36. The van der Waals surface area contributed by atoms with Gasteiger partial charge in [-0.1, -0.05) is 18.7 Å². The Balaban J connectivity index is 0. The molecule has 0 bridgehead atoms. The molecule has 0 amide bonds. The summed E-state index contributed by atoms with van der Waals surface area (Å²) in [5, 5.41) is 0. The zero-order valence-electron chi connectivity index (χ0n) is 10.7. The fraction of sp³-hybridized carbons (Fsp3) is 0.111. The van der Waals surface area contributed by atoms with Crippen LogP contribution in [-0.2, 0) is 20.2 Å². The van der Waals surface area contributed by atoms with E-state index in [1.165, 1.54) is 19.1 Å². The molecule has 19 heavy (non-hydrogen) atoms. The van der Waals surface area contributed by atoms with Crippen molar-refractivity contribution >= 4 is 25.8 Å². The van der Waals surface area contributed by atoms with Crippen molar-refractivity contribution in [2.24, 2.45) is 0 Å². The molecule has 0 aliphatic heterocycles. The van der Waals surface area contributed by atoms with Crippen LogP contribution < -0.4 is 103 Å². The maximum Gasteiger partial charge on any atom is 1.00 e. The molecule has 0 spiro atoms. The molecule has 0 aliphatic rings. The van der Waals surface area contributed by atoms with E-state index in [2.05, 4.69) is 6.58 Å².